The standard InChI is InChI=1S/C11H16N2O/c1-8-4-5-9(7-13-8)11(14)10-3-2-6-12-10/h2-3,6,8-9,12-13H,4-5,7H2,1H3. The Balaban J connectivity index is 1.99. The van der Waals surface area contributed by atoms with Gasteiger partial charge in [0, 0.05) is 24.7 Å². The molecule has 0 bridgehead atoms. The van der Waals surface area contributed by atoms with Gasteiger partial charge in [-0.3, -0.25) is 4.79 Å². The normalized spacial score (nSPS) is 27.5. The van der Waals surface area contributed by atoms with Crippen LogP contribution in [0, 0.1) is 5.92 Å². The highest BCUT2D eigenvalue weighted by Gasteiger charge is 2.24. The third kappa shape index (κ3) is 1.87. The summed E-state index contributed by atoms with van der Waals surface area (Å²) in [6, 6.07) is 4.27. The highest BCUT2D eigenvalue weighted by molar-refractivity contribution is 5.96. The zero-order chi connectivity index (χ0) is 9.97. The quantitative estimate of drug-likeness (QED) is 0.699. The summed E-state index contributed by atoms with van der Waals surface area (Å²) >= 11 is 0. The lowest BCUT2D eigenvalue weighted by Gasteiger charge is -2.26. The molecule has 1 saturated heterocycles. The van der Waals surface area contributed by atoms with Crippen LogP contribution in [0.4, 0.5) is 0 Å². The topological polar surface area (TPSA) is 44.9 Å². The first-order chi connectivity index (χ1) is 6.77. The summed E-state index contributed by atoms with van der Waals surface area (Å²) in [4.78, 5) is 14.9. The maximum atomic E-state index is 11.9. The van der Waals surface area contributed by atoms with Crippen LogP contribution in [-0.2, 0) is 0 Å². The molecule has 1 aliphatic rings. The molecule has 14 heavy (non-hydrogen) atoms. The van der Waals surface area contributed by atoms with Crippen molar-refractivity contribution in [2.24, 2.45) is 5.92 Å². The minimum Gasteiger partial charge on any atom is -0.359 e. The van der Waals surface area contributed by atoms with Gasteiger partial charge in [-0.15, -0.1) is 0 Å². The van der Waals surface area contributed by atoms with Crippen LogP contribution >= 0.6 is 0 Å². The fourth-order valence-electron chi connectivity index (χ4n) is 1.93. The van der Waals surface area contributed by atoms with E-state index in [4.69, 9.17) is 0 Å². The van der Waals surface area contributed by atoms with Crippen LogP contribution in [0.25, 0.3) is 0 Å². The SMILES string of the molecule is CC1CCC(C(=O)c2ccc[nH]2)CN1. The summed E-state index contributed by atoms with van der Waals surface area (Å²) < 4.78 is 0. The molecule has 2 heterocycles. The van der Waals surface area contributed by atoms with E-state index in [-0.39, 0.29) is 11.7 Å². The lowest BCUT2D eigenvalue weighted by atomic mass is 9.90. The van der Waals surface area contributed by atoms with Gasteiger partial charge in [-0.2, -0.15) is 0 Å². The van der Waals surface area contributed by atoms with Crippen LogP contribution in [-0.4, -0.2) is 23.4 Å². The largest absolute Gasteiger partial charge is 0.359 e. The first-order valence-corrected chi connectivity index (χ1v) is 5.18. The molecule has 3 heteroatoms. The van der Waals surface area contributed by atoms with Crippen LogP contribution < -0.4 is 5.32 Å². The zero-order valence-corrected chi connectivity index (χ0v) is 8.42. The highest BCUT2D eigenvalue weighted by Crippen LogP contribution is 2.18. The van der Waals surface area contributed by atoms with Crippen molar-refractivity contribution in [3.63, 3.8) is 0 Å². The Morgan fingerprint density at radius 2 is 2.36 bits per heavy atom. The number of carbonyl (C=O) groups is 1. The van der Waals surface area contributed by atoms with Gasteiger partial charge in [0.15, 0.2) is 5.78 Å². The smallest absolute Gasteiger partial charge is 0.183 e. The molecule has 2 unspecified atom stereocenters. The number of Topliss-reactive ketones (excluding diaryl/α,β-unsaturated/α-hetero) is 1. The minimum atomic E-state index is 0.157. The molecule has 1 aliphatic heterocycles. The predicted octanol–water partition coefficient (Wildman–Crippen LogP) is 1.59. The minimum absolute atomic E-state index is 0.157. The number of hydrogen-bond donors (Lipinski definition) is 2. The molecule has 0 saturated carbocycles. The number of carbonyl (C=O) groups excluding carboxylic acids is 1. The molecule has 1 aromatic heterocycles. The lowest BCUT2D eigenvalue weighted by Crippen LogP contribution is -2.40. The summed E-state index contributed by atoms with van der Waals surface area (Å²) in [6.07, 6.45) is 3.90. The van der Waals surface area contributed by atoms with Crippen LogP contribution in [0.1, 0.15) is 30.3 Å². The van der Waals surface area contributed by atoms with Gasteiger partial charge in [0.1, 0.15) is 0 Å². The van der Waals surface area contributed by atoms with Crippen LogP contribution in [0.2, 0.25) is 0 Å². The summed E-state index contributed by atoms with van der Waals surface area (Å²) in [7, 11) is 0. The van der Waals surface area contributed by atoms with E-state index >= 15 is 0 Å². The van der Waals surface area contributed by atoms with Crippen LogP contribution in [0.15, 0.2) is 18.3 Å². The Hall–Kier alpha value is -1.09. The summed E-state index contributed by atoms with van der Waals surface area (Å²) in [5.74, 6) is 0.402. The average molecular weight is 192 g/mol. The second kappa shape index (κ2) is 3.96. The maximum Gasteiger partial charge on any atom is 0.183 e. The molecule has 2 atom stereocenters. The van der Waals surface area contributed by atoms with E-state index in [0.717, 1.165) is 25.1 Å². The van der Waals surface area contributed by atoms with Crippen molar-refractivity contribution in [3.05, 3.63) is 24.0 Å². The summed E-state index contributed by atoms with van der Waals surface area (Å²) in [5, 5.41) is 3.34. The Kier molecular flexibility index (Phi) is 2.68. The monoisotopic (exact) mass is 192 g/mol. The van der Waals surface area contributed by atoms with Gasteiger partial charge in [-0.25, -0.2) is 0 Å². The van der Waals surface area contributed by atoms with Crippen LogP contribution in [0.5, 0.6) is 0 Å². The average Bonchev–Trinajstić information content (AvgIpc) is 2.71. The lowest BCUT2D eigenvalue weighted by molar-refractivity contribution is 0.0886. The van der Waals surface area contributed by atoms with Crippen molar-refractivity contribution in [1.82, 2.24) is 10.3 Å². The fraction of sp³-hybridized carbons (Fsp3) is 0.545. The molecule has 0 radical (unpaired) electrons. The number of H-pyrrole nitrogens is 1. The molecule has 1 fully saturated rings. The van der Waals surface area contributed by atoms with Gasteiger partial charge in [-0.05, 0) is 31.9 Å². The van der Waals surface area contributed by atoms with Crippen molar-refractivity contribution in [2.45, 2.75) is 25.8 Å². The van der Waals surface area contributed by atoms with Crippen molar-refractivity contribution in [2.75, 3.05) is 6.54 Å². The van der Waals surface area contributed by atoms with Gasteiger partial charge in [-0.1, -0.05) is 0 Å². The van der Waals surface area contributed by atoms with E-state index < -0.39 is 0 Å². The van der Waals surface area contributed by atoms with Crippen molar-refractivity contribution < 1.29 is 4.79 Å². The number of aromatic nitrogens is 1. The zero-order valence-electron chi connectivity index (χ0n) is 8.42. The molecule has 76 valence electrons. The molecule has 0 aromatic carbocycles. The predicted molar refractivity (Wildman–Crippen MR) is 55.3 cm³/mol. The second-order valence-corrected chi connectivity index (χ2v) is 4.03. The van der Waals surface area contributed by atoms with Crippen molar-refractivity contribution in [3.8, 4) is 0 Å². The molecular formula is C11H16N2O. The van der Waals surface area contributed by atoms with Gasteiger partial charge in [0.05, 0.1) is 5.69 Å². The maximum absolute atomic E-state index is 11.9. The summed E-state index contributed by atoms with van der Waals surface area (Å²) in [6.45, 7) is 2.98. The number of rotatable bonds is 2. The number of piperidine rings is 1. The Morgan fingerprint density at radius 1 is 1.50 bits per heavy atom. The number of ketones is 1. The first-order valence-electron chi connectivity index (χ1n) is 5.18. The molecule has 1 aromatic rings. The second-order valence-electron chi connectivity index (χ2n) is 4.03. The van der Waals surface area contributed by atoms with E-state index in [2.05, 4.69) is 17.2 Å². The van der Waals surface area contributed by atoms with Gasteiger partial charge >= 0.3 is 0 Å². The van der Waals surface area contributed by atoms with Gasteiger partial charge < -0.3 is 10.3 Å². The van der Waals surface area contributed by atoms with E-state index in [1.54, 1.807) is 6.20 Å². The number of aromatic amines is 1. The Bertz CT molecular complexity index is 297. The molecule has 2 rings (SSSR count). The van der Waals surface area contributed by atoms with E-state index in [1.165, 1.54) is 0 Å². The molecular weight excluding hydrogens is 176 g/mol. The van der Waals surface area contributed by atoms with E-state index in [9.17, 15) is 4.79 Å². The molecule has 2 N–H and O–H groups in total. The number of nitrogens with one attached hydrogen (secondary N) is 2. The molecule has 0 amide bonds. The highest BCUT2D eigenvalue weighted by atomic mass is 16.1. The van der Waals surface area contributed by atoms with Crippen molar-refractivity contribution in [1.29, 1.82) is 0 Å². The van der Waals surface area contributed by atoms with E-state index in [1.807, 2.05) is 12.1 Å². The van der Waals surface area contributed by atoms with E-state index in [0.29, 0.717) is 6.04 Å². The Morgan fingerprint density at radius 3 is 2.93 bits per heavy atom. The Labute approximate surface area is 83.9 Å². The van der Waals surface area contributed by atoms with Gasteiger partial charge in [0.25, 0.3) is 0 Å². The number of hydrogen-bond acceptors (Lipinski definition) is 2. The van der Waals surface area contributed by atoms with Crippen molar-refractivity contribution >= 4 is 5.78 Å². The molecule has 0 spiro atoms. The molecule has 3 nitrogen and oxygen atoms in total. The molecule has 0 aliphatic carbocycles. The van der Waals surface area contributed by atoms with Crippen LogP contribution in [0.3, 0.4) is 0 Å². The first kappa shape index (κ1) is 9.46. The third-order valence-corrected chi connectivity index (χ3v) is 2.90. The third-order valence-electron chi connectivity index (χ3n) is 2.90. The van der Waals surface area contributed by atoms with Gasteiger partial charge in [0.2, 0.25) is 0 Å². The summed E-state index contributed by atoms with van der Waals surface area (Å²) in [5.41, 5.74) is 0.742. The fourth-order valence-corrected chi connectivity index (χ4v) is 1.93.